The SMILES string of the molecule is O=CN(O)C[C@@H](CC1CCCC1)C(=O)N1NCC[C@H]1C(=O)Nc1ccccc1. The third-order valence-corrected chi connectivity index (χ3v) is 5.56. The number of hydrogen-bond donors (Lipinski definition) is 3. The van der Waals surface area contributed by atoms with Crippen LogP contribution in [0.4, 0.5) is 5.69 Å². The molecule has 0 unspecified atom stereocenters. The summed E-state index contributed by atoms with van der Waals surface area (Å²) in [5, 5.41) is 14.4. The van der Waals surface area contributed by atoms with Crippen molar-refractivity contribution in [1.82, 2.24) is 15.5 Å². The number of nitrogens with zero attached hydrogens (tertiary/aromatic N) is 2. The van der Waals surface area contributed by atoms with Crippen LogP contribution >= 0.6 is 0 Å². The summed E-state index contributed by atoms with van der Waals surface area (Å²) in [6, 6.07) is 8.49. The van der Waals surface area contributed by atoms with E-state index in [0.717, 1.165) is 25.7 Å². The topological polar surface area (TPSA) is 102 Å². The Morgan fingerprint density at radius 1 is 1.25 bits per heavy atom. The molecule has 2 atom stereocenters. The predicted molar refractivity (Wildman–Crippen MR) is 103 cm³/mol. The van der Waals surface area contributed by atoms with E-state index < -0.39 is 12.0 Å². The van der Waals surface area contributed by atoms with Gasteiger partial charge in [-0.05, 0) is 30.9 Å². The summed E-state index contributed by atoms with van der Waals surface area (Å²) in [5.74, 6) is -0.636. The van der Waals surface area contributed by atoms with Crippen molar-refractivity contribution >= 4 is 23.9 Å². The van der Waals surface area contributed by atoms with Crippen molar-refractivity contribution < 1.29 is 19.6 Å². The maximum absolute atomic E-state index is 13.2. The van der Waals surface area contributed by atoms with Crippen molar-refractivity contribution in [1.29, 1.82) is 0 Å². The summed E-state index contributed by atoms with van der Waals surface area (Å²) in [5.41, 5.74) is 3.68. The van der Waals surface area contributed by atoms with E-state index in [0.29, 0.717) is 42.5 Å². The lowest BCUT2D eigenvalue weighted by molar-refractivity contribution is -0.159. The molecule has 1 saturated heterocycles. The number of amides is 3. The van der Waals surface area contributed by atoms with E-state index in [1.54, 1.807) is 12.1 Å². The van der Waals surface area contributed by atoms with Crippen LogP contribution in [0.5, 0.6) is 0 Å². The molecule has 0 bridgehead atoms. The fraction of sp³-hybridized carbons (Fsp3) is 0.550. The van der Waals surface area contributed by atoms with Gasteiger partial charge in [0.25, 0.3) is 0 Å². The van der Waals surface area contributed by atoms with Gasteiger partial charge in [0.05, 0.1) is 12.5 Å². The number of carbonyl (C=O) groups is 3. The lowest BCUT2D eigenvalue weighted by Crippen LogP contribution is -2.51. The Balaban J connectivity index is 1.68. The number of para-hydroxylation sites is 1. The Labute approximate surface area is 164 Å². The Morgan fingerprint density at radius 2 is 1.96 bits per heavy atom. The molecule has 0 aromatic heterocycles. The van der Waals surface area contributed by atoms with Gasteiger partial charge in [0.1, 0.15) is 6.04 Å². The van der Waals surface area contributed by atoms with Crippen molar-refractivity contribution in [3.63, 3.8) is 0 Å². The minimum atomic E-state index is -0.623. The van der Waals surface area contributed by atoms with Crippen LogP contribution in [-0.4, -0.2) is 52.6 Å². The fourth-order valence-electron chi connectivity index (χ4n) is 4.16. The summed E-state index contributed by atoms with van der Waals surface area (Å²) in [4.78, 5) is 36.8. The van der Waals surface area contributed by atoms with E-state index in [4.69, 9.17) is 0 Å². The molecule has 1 heterocycles. The van der Waals surface area contributed by atoms with Gasteiger partial charge in [0, 0.05) is 12.2 Å². The van der Waals surface area contributed by atoms with Crippen molar-refractivity contribution in [3.05, 3.63) is 30.3 Å². The fourth-order valence-corrected chi connectivity index (χ4v) is 4.16. The zero-order chi connectivity index (χ0) is 19.9. The lowest BCUT2D eigenvalue weighted by atomic mass is 9.92. The van der Waals surface area contributed by atoms with Gasteiger partial charge in [0.15, 0.2) is 0 Å². The molecular weight excluding hydrogens is 360 g/mol. The van der Waals surface area contributed by atoms with E-state index in [-0.39, 0.29) is 18.4 Å². The van der Waals surface area contributed by atoms with E-state index >= 15 is 0 Å². The summed E-state index contributed by atoms with van der Waals surface area (Å²) >= 11 is 0. The Hall–Kier alpha value is -2.45. The number of carbonyl (C=O) groups excluding carboxylic acids is 3. The maximum atomic E-state index is 13.2. The Kier molecular flexibility index (Phi) is 7.00. The van der Waals surface area contributed by atoms with Crippen molar-refractivity contribution in [2.24, 2.45) is 11.8 Å². The van der Waals surface area contributed by atoms with Crippen LogP contribution in [0.2, 0.25) is 0 Å². The molecule has 0 radical (unpaired) electrons. The van der Waals surface area contributed by atoms with Gasteiger partial charge in [-0.25, -0.2) is 10.5 Å². The molecule has 2 fully saturated rings. The third kappa shape index (κ3) is 5.08. The standard InChI is InChI=1S/C20H28N4O4/c25-14-23(28)13-16(12-15-6-4-5-7-15)20(27)24-18(10-11-21-24)19(26)22-17-8-2-1-3-9-17/h1-3,8-9,14-16,18,21,28H,4-7,10-13H2,(H,22,26)/t16-,18+/m1/s1. The lowest BCUT2D eigenvalue weighted by Gasteiger charge is -2.30. The second-order valence-corrected chi connectivity index (χ2v) is 7.59. The molecule has 8 heteroatoms. The molecule has 1 aromatic rings. The number of hydrazine groups is 1. The number of benzene rings is 1. The number of hydroxylamine groups is 2. The van der Waals surface area contributed by atoms with E-state index in [1.165, 1.54) is 5.01 Å². The van der Waals surface area contributed by atoms with Gasteiger partial charge in [-0.3, -0.25) is 24.6 Å². The molecule has 2 aliphatic rings. The molecule has 0 spiro atoms. The Bertz CT molecular complexity index is 678. The highest BCUT2D eigenvalue weighted by Gasteiger charge is 2.38. The minimum absolute atomic E-state index is 0.0654. The second kappa shape index (κ2) is 9.66. The zero-order valence-electron chi connectivity index (χ0n) is 15.9. The van der Waals surface area contributed by atoms with E-state index in [1.807, 2.05) is 18.2 Å². The number of rotatable bonds is 8. The summed E-state index contributed by atoms with van der Waals surface area (Å²) in [6.45, 7) is 0.454. The van der Waals surface area contributed by atoms with Gasteiger partial charge in [-0.15, -0.1) is 0 Å². The summed E-state index contributed by atoms with van der Waals surface area (Å²) in [7, 11) is 0. The molecule has 152 valence electrons. The van der Waals surface area contributed by atoms with Gasteiger partial charge in [-0.2, -0.15) is 0 Å². The molecule has 1 aliphatic carbocycles. The quantitative estimate of drug-likeness (QED) is 0.358. The first kappa shape index (κ1) is 20.3. The predicted octanol–water partition coefficient (Wildman–Crippen LogP) is 1.77. The molecule has 8 nitrogen and oxygen atoms in total. The molecule has 3 amide bonds. The smallest absolute Gasteiger partial charge is 0.248 e. The maximum Gasteiger partial charge on any atom is 0.248 e. The third-order valence-electron chi connectivity index (χ3n) is 5.56. The average Bonchev–Trinajstić information content (AvgIpc) is 3.39. The number of nitrogens with one attached hydrogen (secondary N) is 2. The Morgan fingerprint density at radius 3 is 2.64 bits per heavy atom. The molecule has 3 N–H and O–H groups in total. The van der Waals surface area contributed by atoms with Crippen molar-refractivity contribution in [3.8, 4) is 0 Å². The molecule has 1 saturated carbocycles. The monoisotopic (exact) mass is 388 g/mol. The first-order valence-corrected chi connectivity index (χ1v) is 9.91. The normalized spacial score (nSPS) is 20.8. The molecule has 3 rings (SSSR count). The first-order valence-electron chi connectivity index (χ1n) is 9.91. The average molecular weight is 388 g/mol. The number of anilines is 1. The van der Waals surface area contributed by atoms with Crippen LogP contribution in [0.15, 0.2) is 30.3 Å². The van der Waals surface area contributed by atoms with E-state index in [2.05, 4.69) is 10.7 Å². The number of hydrogen-bond acceptors (Lipinski definition) is 5. The van der Waals surface area contributed by atoms with Crippen LogP contribution in [0, 0.1) is 11.8 Å². The van der Waals surface area contributed by atoms with Gasteiger partial charge in [0.2, 0.25) is 18.2 Å². The van der Waals surface area contributed by atoms with Gasteiger partial charge < -0.3 is 5.32 Å². The van der Waals surface area contributed by atoms with Gasteiger partial charge in [-0.1, -0.05) is 43.9 Å². The molecule has 28 heavy (non-hydrogen) atoms. The second-order valence-electron chi connectivity index (χ2n) is 7.59. The van der Waals surface area contributed by atoms with Crippen LogP contribution in [0.25, 0.3) is 0 Å². The van der Waals surface area contributed by atoms with Crippen LogP contribution < -0.4 is 10.7 Å². The minimum Gasteiger partial charge on any atom is -0.324 e. The molecular formula is C20H28N4O4. The molecule has 1 aliphatic heterocycles. The van der Waals surface area contributed by atoms with Gasteiger partial charge >= 0.3 is 0 Å². The largest absolute Gasteiger partial charge is 0.324 e. The van der Waals surface area contributed by atoms with Crippen molar-refractivity contribution in [2.75, 3.05) is 18.4 Å². The zero-order valence-corrected chi connectivity index (χ0v) is 15.9. The summed E-state index contributed by atoms with van der Waals surface area (Å²) in [6.07, 6.45) is 5.83. The van der Waals surface area contributed by atoms with Crippen LogP contribution in [0.1, 0.15) is 38.5 Å². The summed E-state index contributed by atoms with van der Waals surface area (Å²) < 4.78 is 0. The first-order chi connectivity index (χ1) is 13.6. The molecule has 1 aromatic carbocycles. The van der Waals surface area contributed by atoms with Crippen LogP contribution in [0.3, 0.4) is 0 Å². The van der Waals surface area contributed by atoms with E-state index in [9.17, 15) is 19.6 Å². The highest BCUT2D eigenvalue weighted by molar-refractivity contribution is 5.97. The highest BCUT2D eigenvalue weighted by Crippen LogP contribution is 2.31. The van der Waals surface area contributed by atoms with Crippen molar-refractivity contribution in [2.45, 2.75) is 44.6 Å². The van der Waals surface area contributed by atoms with Crippen LogP contribution in [-0.2, 0) is 14.4 Å². The highest BCUT2D eigenvalue weighted by atomic mass is 16.5.